The first kappa shape index (κ1) is 17.5. The molecule has 1 fully saturated rings. The van der Waals surface area contributed by atoms with E-state index in [2.05, 4.69) is 53.3 Å². The fourth-order valence-corrected chi connectivity index (χ4v) is 2.68. The van der Waals surface area contributed by atoms with E-state index in [-0.39, 0.29) is 18.3 Å². The molecule has 2 rings (SSSR count). The molecule has 1 aromatic carbocycles. The predicted octanol–water partition coefficient (Wildman–Crippen LogP) is 2.93. The van der Waals surface area contributed by atoms with Gasteiger partial charge in [0.25, 0.3) is 0 Å². The number of rotatable bonds is 3. The first-order valence-electron chi connectivity index (χ1n) is 6.82. The highest BCUT2D eigenvalue weighted by atomic mass is 79.9. The van der Waals surface area contributed by atoms with Crippen molar-refractivity contribution in [1.29, 1.82) is 0 Å². The Hall–Kier alpha value is -0.580. The Morgan fingerprint density at radius 3 is 2.90 bits per heavy atom. The van der Waals surface area contributed by atoms with Crippen molar-refractivity contribution in [2.24, 2.45) is 0 Å². The fourth-order valence-electron chi connectivity index (χ4n) is 2.43. The van der Waals surface area contributed by atoms with Gasteiger partial charge in [-0.3, -0.25) is 4.79 Å². The lowest BCUT2D eigenvalue weighted by Crippen LogP contribution is -2.51. The summed E-state index contributed by atoms with van der Waals surface area (Å²) >= 11 is 3.50. The minimum atomic E-state index is 0. The molecule has 0 radical (unpaired) electrons. The highest BCUT2D eigenvalue weighted by Crippen LogP contribution is 2.18. The van der Waals surface area contributed by atoms with Gasteiger partial charge in [0.05, 0.1) is 0 Å². The lowest BCUT2D eigenvalue weighted by molar-refractivity contribution is -0.132. The number of hydrogen-bond donors (Lipinski definition) is 1. The van der Waals surface area contributed by atoms with E-state index in [1.165, 1.54) is 11.1 Å². The molecule has 1 unspecified atom stereocenters. The van der Waals surface area contributed by atoms with Gasteiger partial charge in [-0.25, -0.2) is 0 Å². The van der Waals surface area contributed by atoms with Crippen molar-refractivity contribution in [1.82, 2.24) is 10.2 Å². The second kappa shape index (κ2) is 8.01. The van der Waals surface area contributed by atoms with Crippen LogP contribution in [0.5, 0.6) is 0 Å². The van der Waals surface area contributed by atoms with Crippen LogP contribution in [0, 0.1) is 6.92 Å². The Labute approximate surface area is 135 Å². The molecule has 20 heavy (non-hydrogen) atoms. The Balaban J connectivity index is 0.00000200. The van der Waals surface area contributed by atoms with Crippen LogP contribution >= 0.6 is 28.3 Å². The number of nitrogens with zero attached hydrogens (tertiary/aromatic N) is 1. The van der Waals surface area contributed by atoms with Crippen LogP contribution in [0.25, 0.3) is 0 Å². The highest BCUT2D eigenvalue weighted by molar-refractivity contribution is 9.10. The molecule has 3 nitrogen and oxygen atoms in total. The maximum absolute atomic E-state index is 12.2. The Kier molecular flexibility index (Phi) is 7.00. The van der Waals surface area contributed by atoms with Crippen molar-refractivity contribution in [2.45, 2.75) is 32.7 Å². The third-order valence-electron chi connectivity index (χ3n) is 3.57. The van der Waals surface area contributed by atoms with Crippen LogP contribution in [0.3, 0.4) is 0 Å². The largest absolute Gasteiger partial charge is 0.340 e. The average Bonchev–Trinajstić information content (AvgIpc) is 2.40. The smallest absolute Gasteiger partial charge is 0.222 e. The number of piperazine rings is 1. The Morgan fingerprint density at radius 2 is 2.25 bits per heavy atom. The topological polar surface area (TPSA) is 32.3 Å². The quantitative estimate of drug-likeness (QED) is 0.898. The van der Waals surface area contributed by atoms with Gasteiger partial charge in [0.15, 0.2) is 0 Å². The molecule has 1 aromatic rings. The van der Waals surface area contributed by atoms with E-state index in [0.29, 0.717) is 12.5 Å². The van der Waals surface area contributed by atoms with Gasteiger partial charge in [0, 0.05) is 36.6 Å². The molecule has 1 N–H and O–H groups in total. The summed E-state index contributed by atoms with van der Waals surface area (Å²) in [7, 11) is 0. The normalized spacial score (nSPS) is 18.6. The molecule has 5 heteroatoms. The minimum absolute atomic E-state index is 0. The van der Waals surface area contributed by atoms with Crippen molar-refractivity contribution in [2.75, 3.05) is 19.6 Å². The Bertz CT molecular complexity index is 467. The van der Waals surface area contributed by atoms with E-state index < -0.39 is 0 Å². The van der Waals surface area contributed by atoms with E-state index >= 15 is 0 Å². The molecular weight excluding hydrogens is 340 g/mol. The van der Waals surface area contributed by atoms with Crippen LogP contribution in [0.4, 0.5) is 0 Å². The second-order valence-electron chi connectivity index (χ2n) is 5.28. The van der Waals surface area contributed by atoms with Gasteiger partial charge >= 0.3 is 0 Å². The van der Waals surface area contributed by atoms with Crippen LogP contribution in [0.1, 0.15) is 24.5 Å². The lowest BCUT2D eigenvalue weighted by atomic mass is 10.1. The van der Waals surface area contributed by atoms with E-state index in [9.17, 15) is 4.79 Å². The molecule has 0 aliphatic carbocycles. The zero-order valence-electron chi connectivity index (χ0n) is 12.0. The number of carbonyl (C=O) groups excluding carboxylic acids is 1. The standard InChI is InChI=1S/C15H21BrN2O.ClH/c1-11-9-13(3-5-14(11)16)4-6-15(19)18-8-7-17-12(2)10-18;/h3,5,9,12,17H,4,6-8,10H2,1-2H3;1H. The fraction of sp³-hybridized carbons (Fsp3) is 0.533. The van der Waals surface area contributed by atoms with Gasteiger partial charge in [-0.1, -0.05) is 28.1 Å². The molecule has 1 amide bonds. The number of benzene rings is 1. The number of hydrogen-bond acceptors (Lipinski definition) is 2. The number of nitrogens with one attached hydrogen (secondary N) is 1. The van der Waals surface area contributed by atoms with Gasteiger partial charge in [0.1, 0.15) is 0 Å². The monoisotopic (exact) mass is 360 g/mol. The number of amides is 1. The minimum Gasteiger partial charge on any atom is -0.340 e. The van der Waals surface area contributed by atoms with Crippen LogP contribution in [-0.2, 0) is 11.2 Å². The van der Waals surface area contributed by atoms with Crippen molar-refractivity contribution in [3.8, 4) is 0 Å². The zero-order chi connectivity index (χ0) is 13.8. The van der Waals surface area contributed by atoms with Crippen LogP contribution in [0.15, 0.2) is 22.7 Å². The molecule has 0 aromatic heterocycles. The molecule has 1 heterocycles. The van der Waals surface area contributed by atoms with Crippen molar-refractivity contribution in [3.05, 3.63) is 33.8 Å². The third-order valence-corrected chi connectivity index (χ3v) is 4.46. The summed E-state index contributed by atoms with van der Waals surface area (Å²) in [6.45, 7) is 6.77. The van der Waals surface area contributed by atoms with Crippen LogP contribution < -0.4 is 5.32 Å². The summed E-state index contributed by atoms with van der Waals surface area (Å²) in [4.78, 5) is 14.1. The molecule has 1 aliphatic heterocycles. The van der Waals surface area contributed by atoms with E-state index in [4.69, 9.17) is 0 Å². The molecule has 1 saturated heterocycles. The Morgan fingerprint density at radius 1 is 1.50 bits per heavy atom. The molecule has 1 aliphatic rings. The van der Waals surface area contributed by atoms with Gasteiger partial charge in [0.2, 0.25) is 5.91 Å². The van der Waals surface area contributed by atoms with Crippen LogP contribution in [0.2, 0.25) is 0 Å². The average molecular weight is 362 g/mol. The van der Waals surface area contributed by atoms with Gasteiger partial charge in [-0.2, -0.15) is 0 Å². The lowest BCUT2D eigenvalue weighted by Gasteiger charge is -2.32. The molecule has 112 valence electrons. The summed E-state index contributed by atoms with van der Waals surface area (Å²) in [6, 6.07) is 6.71. The van der Waals surface area contributed by atoms with Gasteiger partial charge in [-0.15, -0.1) is 12.4 Å². The highest BCUT2D eigenvalue weighted by Gasteiger charge is 2.19. The molecule has 0 saturated carbocycles. The molecule has 1 atom stereocenters. The third kappa shape index (κ3) is 4.76. The summed E-state index contributed by atoms with van der Waals surface area (Å²) in [5.41, 5.74) is 2.46. The maximum atomic E-state index is 12.2. The van der Waals surface area contributed by atoms with Gasteiger partial charge in [-0.05, 0) is 37.5 Å². The van der Waals surface area contributed by atoms with E-state index in [1.54, 1.807) is 0 Å². The SMILES string of the molecule is Cc1cc(CCC(=O)N2CCNC(C)C2)ccc1Br.Cl. The number of carbonyl (C=O) groups is 1. The predicted molar refractivity (Wildman–Crippen MR) is 88.5 cm³/mol. The van der Waals surface area contributed by atoms with Gasteiger partial charge < -0.3 is 10.2 Å². The first-order valence-corrected chi connectivity index (χ1v) is 7.62. The first-order chi connectivity index (χ1) is 9.06. The molecular formula is C15H22BrClN2O. The van der Waals surface area contributed by atoms with Crippen molar-refractivity contribution >= 4 is 34.2 Å². The summed E-state index contributed by atoms with van der Waals surface area (Å²) in [6.07, 6.45) is 1.43. The maximum Gasteiger partial charge on any atom is 0.222 e. The number of halogens is 2. The van der Waals surface area contributed by atoms with Crippen LogP contribution in [-0.4, -0.2) is 36.5 Å². The summed E-state index contributed by atoms with van der Waals surface area (Å²) in [5.74, 6) is 0.272. The van der Waals surface area contributed by atoms with E-state index in [0.717, 1.165) is 30.5 Å². The second-order valence-corrected chi connectivity index (χ2v) is 6.13. The zero-order valence-corrected chi connectivity index (χ0v) is 14.4. The summed E-state index contributed by atoms with van der Waals surface area (Å²) < 4.78 is 1.12. The molecule has 0 spiro atoms. The molecule has 0 bridgehead atoms. The summed E-state index contributed by atoms with van der Waals surface area (Å²) in [5, 5.41) is 3.36. The van der Waals surface area contributed by atoms with Crippen molar-refractivity contribution < 1.29 is 4.79 Å². The van der Waals surface area contributed by atoms with Crippen molar-refractivity contribution in [3.63, 3.8) is 0 Å². The number of aryl methyl sites for hydroxylation is 2. The van der Waals surface area contributed by atoms with E-state index in [1.807, 2.05) is 4.90 Å².